The first-order valence-corrected chi connectivity index (χ1v) is 6.14. The SMILES string of the molecule is CC(O)C1(C2CCCC(C)(C)C2)CC1. The van der Waals surface area contributed by atoms with Crippen molar-refractivity contribution in [1.29, 1.82) is 0 Å². The van der Waals surface area contributed by atoms with Crippen molar-refractivity contribution >= 4 is 0 Å². The van der Waals surface area contributed by atoms with Crippen LogP contribution in [0.3, 0.4) is 0 Å². The predicted octanol–water partition coefficient (Wildman–Crippen LogP) is 3.36. The fraction of sp³-hybridized carbons (Fsp3) is 1.00. The summed E-state index contributed by atoms with van der Waals surface area (Å²) >= 11 is 0. The molecule has 1 nitrogen and oxygen atoms in total. The Morgan fingerprint density at radius 3 is 2.29 bits per heavy atom. The van der Waals surface area contributed by atoms with E-state index in [-0.39, 0.29) is 6.10 Å². The van der Waals surface area contributed by atoms with Crippen LogP contribution in [0, 0.1) is 16.7 Å². The van der Waals surface area contributed by atoms with Gasteiger partial charge in [0.15, 0.2) is 0 Å². The van der Waals surface area contributed by atoms with Gasteiger partial charge in [0.2, 0.25) is 0 Å². The van der Waals surface area contributed by atoms with Crippen LogP contribution in [-0.2, 0) is 0 Å². The normalized spacial score (nSPS) is 36.4. The largest absolute Gasteiger partial charge is 0.393 e. The van der Waals surface area contributed by atoms with Gasteiger partial charge in [0.1, 0.15) is 0 Å². The monoisotopic (exact) mass is 196 g/mol. The van der Waals surface area contributed by atoms with Crippen molar-refractivity contribution in [3.8, 4) is 0 Å². The molecule has 2 unspecified atom stereocenters. The number of aliphatic hydroxyl groups excluding tert-OH is 1. The second-order valence-corrected chi connectivity index (χ2v) is 6.37. The minimum atomic E-state index is -0.0820. The van der Waals surface area contributed by atoms with Crippen LogP contribution in [0.2, 0.25) is 0 Å². The van der Waals surface area contributed by atoms with E-state index in [2.05, 4.69) is 13.8 Å². The molecule has 0 bridgehead atoms. The fourth-order valence-corrected chi connectivity index (χ4v) is 3.50. The molecule has 0 spiro atoms. The van der Waals surface area contributed by atoms with E-state index in [1.807, 2.05) is 6.92 Å². The van der Waals surface area contributed by atoms with Gasteiger partial charge in [-0.15, -0.1) is 0 Å². The van der Waals surface area contributed by atoms with Crippen molar-refractivity contribution in [2.75, 3.05) is 0 Å². The lowest BCUT2D eigenvalue weighted by Crippen LogP contribution is -2.34. The Morgan fingerprint density at radius 1 is 1.21 bits per heavy atom. The second-order valence-electron chi connectivity index (χ2n) is 6.37. The number of hydrogen-bond donors (Lipinski definition) is 1. The van der Waals surface area contributed by atoms with Crippen molar-refractivity contribution in [2.24, 2.45) is 16.7 Å². The number of hydrogen-bond acceptors (Lipinski definition) is 1. The highest BCUT2D eigenvalue weighted by atomic mass is 16.3. The first kappa shape index (κ1) is 10.5. The maximum atomic E-state index is 9.87. The Morgan fingerprint density at radius 2 is 1.86 bits per heavy atom. The summed E-state index contributed by atoms with van der Waals surface area (Å²) in [7, 11) is 0. The van der Waals surface area contributed by atoms with Gasteiger partial charge >= 0.3 is 0 Å². The average molecular weight is 196 g/mol. The van der Waals surface area contributed by atoms with Crippen LogP contribution < -0.4 is 0 Å². The number of rotatable bonds is 2. The van der Waals surface area contributed by atoms with E-state index < -0.39 is 0 Å². The zero-order valence-electron chi connectivity index (χ0n) is 9.84. The molecule has 2 fully saturated rings. The molecule has 2 aliphatic rings. The first-order valence-electron chi connectivity index (χ1n) is 6.14. The summed E-state index contributed by atoms with van der Waals surface area (Å²) in [6, 6.07) is 0. The Labute approximate surface area is 87.9 Å². The van der Waals surface area contributed by atoms with Crippen LogP contribution in [0.25, 0.3) is 0 Å². The molecule has 1 heteroatoms. The maximum absolute atomic E-state index is 9.87. The zero-order valence-corrected chi connectivity index (χ0v) is 9.84. The van der Waals surface area contributed by atoms with E-state index in [0.717, 1.165) is 5.92 Å². The van der Waals surface area contributed by atoms with E-state index in [9.17, 15) is 5.11 Å². The molecule has 0 saturated heterocycles. The van der Waals surface area contributed by atoms with Gasteiger partial charge in [-0.2, -0.15) is 0 Å². The molecule has 2 saturated carbocycles. The summed E-state index contributed by atoms with van der Waals surface area (Å²) in [4.78, 5) is 0. The number of aliphatic hydroxyl groups is 1. The topological polar surface area (TPSA) is 20.2 Å². The van der Waals surface area contributed by atoms with Crippen LogP contribution in [0.15, 0.2) is 0 Å². The first-order chi connectivity index (χ1) is 6.46. The highest BCUT2D eigenvalue weighted by Gasteiger charge is 2.54. The zero-order chi connectivity index (χ0) is 10.4. The molecule has 0 aromatic carbocycles. The summed E-state index contributed by atoms with van der Waals surface area (Å²) in [5.41, 5.74) is 0.852. The highest BCUT2D eigenvalue weighted by molar-refractivity contribution is 5.04. The minimum absolute atomic E-state index is 0.0820. The van der Waals surface area contributed by atoms with Crippen molar-refractivity contribution in [3.63, 3.8) is 0 Å². The van der Waals surface area contributed by atoms with Crippen LogP contribution in [-0.4, -0.2) is 11.2 Å². The third kappa shape index (κ3) is 1.71. The van der Waals surface area contributed by atoms with Gasteiger partial charge in [0.05, 0.1) is 6.10 Å². The minimum Gasteiger partial charge on any atom is -0.393 e. The lowest BCUT2D eigenvalue weighted by atomic mass is 9.66. The van der Waals surface area contributed by atoms with E-state index in [0.29, 0.717) is 10.8 Å². The van der Waals surface area contributed by atoms with Gasteiger partial charge in [0.25, 0.3) is 0 Å². The molecule has 2 aliphatic carbocycles. The Balaban J connectivity index is 2.05. The standard InChI is InChI=1S/C13H24O/c1-10(14)13(7-8-13)11-5-4-6-12(2,3)9-11/h10-11,14H,4-9H2,1-3H3. The van der Waals surface area contributed by atoms with E-state index in [1.54, 1.807) is 0 Å². The van der Waals surface area contributed by atoms with Crippen LogP contribution >= 0.6 is 0 Å². The second kappa shape index (κ2) is 3.23. The summed E-state index contributed by atoms with van der Waals surface area (Å²) in [6.45, 7) is 6.77. The van der Waals surface area contributed by atoms with Crippen LogP contribution in [0.1, 0.15) is 59.3 Å². The molecule has 0 amide bonds. The molecule has 0 heterocycles. The molecule has 0 aromatic rings. The molecule has 82 valence electrons. The third-order valence-electron chi connectivity index (χ3n) is 4.68. The molecular formula is C13H24O. The maximum Gasteiger partial charge on any atom is 0.0570 e. The van der Waals surface area contributed by atoms with Crippen molar-refractivity contribution in [1.82, 2.24) is 0 Å². The average Bonchev–Trinajstić information content (AvgIpc) is 2.81. The molecule has 14 heavy (non-hydrogen) atoms. The quantitative estimate of drug-likeness (QED) is 0.718. The third-order valence-corrected chi connectivity index (χ3v) is 4.68. The molecule has 2 atom stereocenters. The van der Waals surface area contributed by atoms with Crippen molar-refractivity contribution < 1.29 is 5.11 Å². The van der Waals surface area contributed by atoms with Crippen LogP contribution in [0.5, 0.6) is 0 Å². The van der Waals surface area contributed by atoms with E-state index in [4.69, 9.17) is 0 Å². The van der Waals surface area contributed by atoms with E-state index in [1.165, 1.54) is 38.5 Å². The molecular weight excluding hydrogens is 172 g/mol. The molecule has 0 aliphatic heterocycles. The lowest BCUT2D eigenvalue weighted by molar-refractivity contribution is 0.0274. The summed E-state index contributed by atoms with van der Waals surface area (Å²) < 4.78 is 0. The highest BCUT2D eigenvalue weighted by Crippen LogP contribution is 2.60. The molecule has 0 aromatic heterocycles. The summed E-state index contributed by atoms with van der Waals surface area (Å²) in [6.07, 6.45) is 7.88. The Bertz CT molecular complexity index is 213. The summed E-state index contributed by atoms with van der Waals surface area (Å²) in [5.74, 6) is 0.797. The van der Waals surface area contributed by atoms with Crippen LogP contribution in [0.4, 0.5) is 0 Å². The van der Waals surface area contributed by atoms with E-state index >= 15 is 0 Å². The molecule has 1 N–H and O–H groups in total. The Hall–Kier alpha value is -0.0400. The van der Waals surface area contributed by atoms with Gasteiger partial charge in [-0.1, -0.05) is 20.3 Å². The molecule has 2 rings (SSSR count). The fourth-order valence-electron chi connectivity index (χ4n) is 3.50. The van der Waals surface area contributed by atoms with Gasteiger partial charge in [-0.05, 0) is 55.8 Å². The smallest absolute Gasteiger partial charge is 0.0570 e. The Kier molecular flexibility index (Phi) is 2.42. The summed E-state index contributed by atoms with van der Waals surface area (Å²) in [5, 5.41) is 9.87. The van der Waals surface area contributed by atoms with Crippen molar-refractivity contribution in [2.45, 2.75) is 65.4 Å². The lowest BCUT2D eigenvalue weighted by Gasteiger charge is -2.40. The van der Waals surface area contributed by atoms with Gasteiger partial charge in [-0.3, -0.25) is 0 Å². The molecule has 0 radical (unpaired) electrons. The van der Waals surface area contributed by atoms with Crippen molar-refractivity contribution in [3.05, 3.63) is 0 Å². The van der Waals surface area contributed by atoms with Gasteiger partial charge in [0, 0.05) is 0 Å². The van der Waals surface area contributed by atoms with Gasteiger partial charge < -0.3 is 5.11 Å². The van der Waals surface area contributed by atoms with Gasteiger partial charge in [-0.25, -0.2) is 0 Å². The predicted molar refractivity (Wildman–Crippen MR) is 59.1 cm³/mol.